The summed E-state index contributed by atoms with van der Waals surface area (Å²) in [5.74, 6) is 0.466. The first-order chi connectivity index (χ1) is 10.1. The van der Waals surface area contributed by atoms with Crippen molar-refractivity contribution < 1.29 is 0 Å². The fraction of sp³-hybridized carbons (Fsp3) is 0. The summed E-state index contributed by atoms with van der Waals surface area (Å²) in [5.41, 5.74) is 7.88. The molecule has 0 saturated heterocycles. The van der Waals surface area contributed by atoms with Gasteiger partial charge in [0.25, 0.3) is 0 Å². The summed E-state index contributed by atoms with van der Waals surface area (Å²) in [6.45, 7) is 0. The number of benzene rings is 1. The number of hydrogen-bond acceptors (Lipinski definition) is 5. The van der Waals surface area contributed by atoms with Crippen LogP contribution in [0.15, 0.2) is 41.8 Å². The molecular weight excluding hydrogens is 407 g/mol. The number of nitrogens with two attached hydrogens (primary N) is 1. The van der Waals surface area contributed by atoms with Gasteiger partial charge in [0.1, 0.15) is 11.5 Å². The lowest BCUT2D eigenvalue weighted by atomic mass is 10.3. The van der Waals surface area contributed by atoms with Crippen molar-refractivity contribution >= 4 is 68.2 Å². The molecule has 8 heteroatoms. The molecule has 3 aromatic rings. The molecule has 0 amide bonds. The van der Waals surface area contributed by atoms with Crippen molar-refractivity contribution in [3.05, 3.63) is 51.8 Å². The molecule has 1 aromatic carbocycles. The highest BCUT2D eigenvalue weighted by Crippen LogP contribution is 2.33. The standard InChI is InChI=1S/C14H10Cl2N4S.BrH/c15-8-3-1-5-10(13(8)16)19-14-20-11(7-21-14)9-4-2-6-12(17)18-9;/h1-7H,(H2,17,18)(H,19,20);1H. The van der Waals surface area contributed by atoms with E-state index in [1.807, 2.05) is 29.6 Å². The zero-order chi connectivity index (χ0) is 14.8. The van der Waals surface area contributed by atoms with Gasteiger partial charge in [-0.15, -0.1) is 28.3 Å². The number of pyridine rings is 1. The minimum absolute atomic E-state index is 0. The first-order valence-electron chi connectivity index (χ1n) is 6.03. The molecule has 0 unspecified atom stereocenters. The second-order valence-corrected chi connectivity index (χ2v) is 5.86. The van der Waals surface area contributed by atoms with Crippen molar-refractivity contribution in [1.29, 1.82) is 0 Å². The van der Waals surface area contributed by atoms with E-state index in [0.717, 1.165) is 11.4 Å². The van der Waals surface area contributed by atoms with Crippen LogP contribution in [0, 0.1) is 0 Å². The summed E-state index contributed by atoms with van der Waals surface area (Å²) in [7, 11) is 0. The third-order valence-corrected chi connectivity index (χ3v) is 4.31. The quantitative estimate of drug-likeness (QED) is 0.597. The van der Waals surface area contributed by atoms with E-state index in [4.69, 9.17) is 28.9 Å². The third-order valence-electron chi connectivity index (χ3n) is 2.73. The minimum Gasteiger partial charge on any atom is -0.384 e. The van der Waals surface area contributed by atoms with Crippen LogP contribution in [0.1, 0.15) is 0 Å². The maximum atomic E-state index is 6.14. The zero-order valence-corrected chi connectivity index (χ0v) is 15.1. The van der Waals surface area contributed by atoms with Gasteiger partial charge in [0.05, 0.1) is 21.4 Å². The molecular formula is C14H11BrCl2N4S. The highest BCUT2D eigenvalue weighted by Gasteiger charge is 2.09. The summed E-state index contributed by atoms with van der Waals surface area (Å²) in [6, 6.07) is 10.8. The van der Waals surface area contributed by atoms with Gasteiger partial charge in [-0.05, 0) is 24.3 Å². The van der Waals surface area contributed by atoms with Gasteiger partial charge in [0.15, 0.2) is 5.13 Å². The molecule has 4 nitrogen and oxygen atoms in total. The molecule has 22 heavy (non-hydrogen) atoms. The number of halogens is 3. The molecule has 0 radical (unpaired) electrons. The van der Waals surface area contributed by atoms with Crippen LogP contribution in [0.25, 0.3) is 11.4 Å². The fourth-order valence-corrected chi connectivity index (χ4v) is 2.82. The predicted molar refractivity (Wildman–Crippen MR) is 99.8 cm³/mol. The van der Waals surface area contributed by atoms with Gasteiger partial charge < -0.3 is 11.1 Å². The summed E-state index contributed by atoms with van der Waals surface area (Å²) in [4.78, 5) is 8.72. The molecule has 0 bridgehead atoms. The van der Waals surface area contributed by atoms with E-state index in [9.17, 15) is 0 Å². The van der Waals surface area contributed by atoms with Gasteiger partial charge in [-0.25, -0.2) is 9.97 Å². The molecule has 0 aliphatic carbocycles. The zero-order valence-electron chi connectivity index (χ0n) is 11.1. The van der Waals surface area contributed by atoms with Gasteiger partial charge in [0.2, 0.25) is 0 Å². The molecule has 2 aromatic heterocycles. The summed E-state index contributed by atoms with van der Waals surface area (Å²) in [5, 5.41) is 6.73. The largest absolute Gasteiger partial charge is 0.384 e. The predicted octanol–water partition coefficient (Wildman–Crippen LogP) is 5.42. The number of nitrogens with zero attached hydrogens (tertiary/aromatic N) is 2. The van der Waals surface area contributed by atoms with Crippen molar-refractivity contribution in [3.8, 4) is 11.4 Å². The molecule has 0 saturated carbocycles. The Labute approximate surface area is 152 Å². The Morgan fingerprint density at radius 2 is 1.77 bits per heavy atom. The van der Waals surface area contributed by atoms with Crippen LogP contribution in [-0.2, 0) is 0 Å². The van der Waals surface area contributed by atoms with Crippen molar-refractivity contribution in [1.82, 2.24) is 9.97 Å². The second kappa shape index (κ2) is 7.28. The first-order valence-corrected chi connectivity index (χ1v) is 7.66. The van der Waals surface area contributed by atoms with Crippen molar-refractivity contribution in [3.63, 3.8) is 0 Å². The molecule has 114 valence electrons. The van der Waals surface area contributed by atoms with Crippen LogP contribution < -0.4 is 11.1 Å². The van der Waals surface area contributed by atoms with Gasteiger partial charge in [-0.1, -0.05) is 35.3 Å². The number of hydrogen-bond donors (Lipinski definition) is 2. The number of anilines is 3. The molecule has 0 aliphatic heterocycles. The maximum Gasteiger partial charge on any atom is 0.187 e. The number of nitrogen functional groups attached to an aromatic ring is 1. The monoisotopic (exact) mass is 416 g/mol. The Hall–Kier alpha value is -1.34. The molecule has 3 N–H and O–H groups in total. The van der Waals surface area contributed by atoms with E-state index < -0.39 is 0 Å². The van der Waals surface area contributed by atoms with Crippen LogP contribution in [0.2, 0.25) is 10.0 Å². The van der Waals surface area contributed by atoms with Crippen LogP contribution in [0.5, 0.6) is 0 Å². The van der Waals surface area contributed by atoms with Crippen LogP contribution in [0.4, 0.5) is 16.6 Å². The van der Waals surface area contributed by atoms with E-state index in [1.54, 1.807) is 12.1 Å². The number of aromatic nitrogens is 2. The lowest BCUT2D eigenvalue weighted by Gasteiger charge is -2.05. The maximum absolute atomic E-state index is 6.14. The highest BCUT2D eigenvalue weighted by atomic mass is 79.9. The van der Waals surface area contributed by atoms with Gasteiger partial charge >= 0.3 is 0 Å². The molecule has 0 atom stereocenters. The topological polar surface area (TPSA) is 63.8 Å². The van der Waals surface area contributed by atoms with Crippen molar-refractivity contribution in [2.45, 2.75) is 0 Å². The molecule has 0 fully saturated rings. The average molecular weight is 418 g/mol. The second-order valence-electron chi connectivity index (χ2n) is 4.21. The van der Waals surface area contributed by atoms with Crippen LogP contribution in [0.3, 0.4) is 0 Å². The average Bonchev–Trinajstić information content (AvgIpc) is 2.93. The Kier molecular flexibility index (Phi) is 5.63. The SMILES string of the molecule is Br.Nc1cccc(-c2csc(Nc3cccc(Cl)c3Cl)n2)n1. The number of nitrogens with one attached hydrogen (secondary N) is 1. The summed E-state index contributed by atoms with van der Waals surface area (Å²) < 4.78 is 0. The number of thiazole rings is 1. The lowest BCUT2D eigenvalue weighted by Crippen LogP contribution is -1.93. The lowest BCUT2D eigenvalue weighted by molar-refractivity contribution is 1.28. The highest BCUT2D eigenvalue weighted by molar-refractivity contribution is 8.93. The van der Waals surface area contributed by atoms with Gasteiger partial charge in [0, 0.05) is 5.38 Å². The summed E-state index contributed by atoms with van der Waals surface area (Å²) in [6.07, 6.45) is 0. The third kappa shape index (κ3) is 3.70. The Balaban J connectivity index is 0.00000176. The first kappa shape index (κ1) is 17.0. The van der Waals surface area contributed by atoms with E-state index >= 15 is 0 Å². The van der Waals surface area contributed by atoms with E-state index in [-0.39, 0.29) is 17.0 Å². The summed E-state index contributed by atoms with van der Waals surface area (Å²) >= 11 is 13.6. The number of rotatable bonds is 3. The van der Waals surface area contributed by atoms with E-state index in [1.165, 1.54) is 11.3 Å². The van der Waals surface area contributed by atoms with Crippen molar-refractivity contribution in [2.24, 2.45) is 0 Å². The van der Waals surface area contributed by atoms with E-state index in [0.29, 0.717) is 26.7 Å². The van der Waals surface area contributed by atoms with E-state index in [2.05, 4.69) is 15.3 Å². The molecule has 0 spiro atoms. The molecule has 2 heterocycles. The van der Waals surface area contributed by atoms with Crippen LogP contribution in [-0.4, -0.2) is 9.97 Å². The Morgan fingerprint density at radius 3 is 2.55 bits per heavy atom. The minimum atomic E-state index is 0. The van der Waals surface area contributed by atoms with Gasteiger partial charge in [-0.2, -0.15) is 0 Å². The van der Waals surface area contributed by atoms with Crippen molar-refractivity contribution in [2.75, 3.05) is 11.1 Å². The van der Waals surface area contributed by atoms with Gasteiger partial charge in [-0.3, -0.25) is 0 Å². The molecule has 0 aliphatic rings. The smallest absolute Gasteiger partial charge is 0.187 e. The Morgan fingerprint density at radius 1 is 1.00 bits per heavy atom. The fourth-order valence-electron chi connectivity index (χ4n) is 1.76. The Bertz CT molecular complexity index is 794. The normalized spacial score (nSPS) is 10.1. The molecule has 3 rings (SSSR count). The van der Waals surface area contributed by atoms with Crippen LogP contribution >= 0.6 is 51.5 Å².